The van der Waals surface area contributed by atoms with Crippen molar-refractivity contribution in [3.05, 3.63) is 47.8 Å². The lowest BCUT2D eigenvalue weighted by molar-refractivity contribution is 0.107. The number of methoxy groups -OCH3 is 1. The van der Waals surface area contributed by atoms with Gasteiger partial charge in [-0.25, -0.2) is 17.6 Å². The number of phenolic OH excluding ortho intramolecular Hbond substituents is 1. The van der Waals surface area contributed by atoms with Crippen LogP contribution in [0.1, 0.15) is 32.1 Å². The first-order valence-electron chi connectivity index (χ1n) is 15.5. The molecule has 1 aromatic heterocycles. The molecule has 0 saturated carbocycles. The highest BCUT2D eigenvalue weighted by atomic mass is 35.5. The molecule has 0 amide bonds. The van der Waals surface area contributed by atoms with E-state index in [0.717, 1.165) is 32.2 Å². The molecule has 0 aliphatic carbocycles. The maximum absolute atomic E-state index is 17.0. The highest BCUT2D eigenvalue weighted by Gasteiger charge is 2.49. The lowest BCUT2D eigenvalue weighted by Crippen LogP contribution is -2.51. The van der Waals surface area contributed by atoms with Crippen LogP contribution in [0.3, 0.4) is 0 Å². The zero-order chi connectivity index (χ0) is 31.0. The number of halogens is 5. The van der Waals surface area contributed by atoms with Crippen LogP contribution in [-0.4, -0.2) is 83.7 Å². The molecule has 13 heteroatoms. The van der Waals surface area contributed by atoms with Gasteiger partial charge in [0.2, 0.25) is 0 Å². The molecule has 8 nitrogen and oxygen atoms in total. The van der Waals surface area contributed by atoms with Crippen LogP contribution in [-0.2, 0) is 0 Å². The minimum atomic E-state index is -0.963. The molecule has 2 bridgehead atoms. The van der Waals surface area contributed by atoms with Crippen LogP contribution in [0.4, 0.5) is 23.4 Å². The van der Waals surface area contributed by atoms with Crippen molar-refractivity contribution in [1.29, 1.82) is 0 Å². The van der Waals surface area contributed by atoms with Crippen molar-refractivity contribution in [2.45, 2.75) is 55.9 Å². The van der Waals surface area contributed by atoms with E-state index in [4.69, 9.17) is 9.47 Å². The fourth-order valence-corrected chi connectivity index (χ4v) is 8.14. The Morgan fingerprint density at radius 2 is 1.83 bits per heavy atom. The van der Waals surface area contributed by atoms with E-state index in [-0.39, 0.29) is 76.1 Å². The first-order valence-corrected chi connectivity index (χ1v) is 15.5. The molecule has 46 heavy (non-hydrogen) atoms. The van der Waals surface area contributed by atoms with Gasteiger partial charge in [-0.1, -0.05) is 12.1 Å². The normalized spacial score (nSPS) is 25.7. The first-order chi connectivity index (χ1) is 21.7. The predicted octanol–water partition coefficient (Wildman–Crippen LogP) is 5.90. The molecule has 4 aliphatic heterocycles. The van der Waals surface area contributed by atoms with E-state index in [0.29, 0.717) is 31.4 Å². The van der Waals surface area contributed by atoms with E-state index < -0.39 is 34.9 Å². The minimum absolute atomic E-state index is 0. The number of aromatic nitrogens is 2. The van der Waals surface area contributed by atoms with Gasteiger partial charge in [-0.15, -0.1) is 12.4 Å². The van der Waals surface area contributed by atoms with Gasteiger partial charge >= 0.3 is 6.01 Å². The van der Waals surface area contributed by atoms with Crippen molar-refractivity contribution >= 4 is 39.9 Å². The highest BCUT2D eigenvalue weighted by Crippen LogP contribution is 2.47. The number of hydrogen-bond donors (Lipinski definition) is 2. The van der Waals surface area contributed by atoms with E-state index >= 15 is 13.2 Å². The molecule has 4 saturated heterocycles. The maximum Gasteiger partial charge on any atom is 0.319 e. The van der Waals surface area contributed by atoms with Crippen LogP contribution in [0.25, 0.3) is 32.8 Å². The number of nitrogens with zero attached hydrogens (tertiary/aromatic N) is 4. The number of fused-ring (bicyclic) bond motifs is 5. The summed E-state index contributed by atoms with van der Waals surface area (Å²) < 4.78 is 75.1. The van der Waals surface area contributed by atoms with Gasteiger partial charge in [0.15, 0.2) is 17.4 Å². The van der Waals surface area contributed by atoms with Gasteiger partial charge in [0.05, 0.1) is 23.6 Å². The lowest BCUT2D eigenvalue weighted by atomic mass is 9.94. The molecule has 4 fully saturated rings. The molecule has 5 heterocycles. The topological polar surface area (TPSA) is 83.0 Å². The van der Waals surface area contributed by atoms with Crippen molar-refractivity contribution in [2.24, 2.45) is 0 Å². The van der Waals surface area contributed by atoms with Crippen molar-refractivity contribution in [2.75, 3.05) is 44.8 Å². The van der Waals surface area contributed by atoms with Gasteiger partial charge < -0.3 is 24.8 Å². The first kappa shape index (κ1) is 31.0. The predicted molar refractivity (Wildman–Crippen MR) is 169 cm³/mol. The van der Waals surface area contributed by atoms with Crippen LogP contribution in [0.5, 0.6) is 17.5 Å². The van der Waals surface area contributed by atoms with Crippen LogP contribution in [0.2, 0.25) is 0 Å². The Morgan fingerprint density at radius 3 is 2.59 bits per heavy atom. The van der Waals surface area contributed by atoms with Crippen molar-refractivity contribution in [1.82, 2.24) is 20.2 Å². The SMILES string of the molecule is COc1c(-c2cc(O)cc3cccc(F)c23)c(F)c2nc(OC[C@@]34CCCN3C[C@H](F)C4)nc(N3CC4CCC(C3)N4)c2c1F.Cl. The summed E-state index contributed by atoms with van der Waals surface area (Å²) in [5, 5.41) is 14.2. The van der Waals surface area contributed by atoms with Gasteiger partial charge in [0, 0.05) is 49.1 Å². The third-order valence-electron chi connectivity index (χ3n) is 10.1. The summed E-state index contributed by atoms with van der Waals surface area (Å²) in [4.78, 5) is 13.1. The molecule has 2 unspecified atom stereocenters. The summed E-state index contributed by atoms with van der Waals surface area (Å²) in [6.07, 6.45) is 2.95. The van der Waals surface area contributed by atoms with Crippen LogP contribution < -0.4 is 19.7 Å². The summed E-state index contributed by atoms with van der Waals surface area (Å²) in [6.45, 7) is 2.27. The van der Waals surface area contributed by atoms with Crippen LogP contribution in [0.15, 0.2) is 30.3 Å². The molecule has 8 rings (SSSR count). The molecule has 4 atom stereocenters. The average Bonchev–Trinajstić information content (AvgIpc) is 3.67. The number of aromatic hydroxyl groups is 1. The smallest absolute Gasteiger partial charge is 0.319 e. The number of anilines is 1. The Kier molecular flexibility index (Phi) is 7.80. The fourth-order valence-electron chi connectivity index (χ4n) is 8.14. The highest BCUT2D eigenvalue weighted by molar-refractivity contribution is 6.04. The standard InChI is InChI=1S/C33H33F4N5O3.ClH/c1-44-30-25(22-11-21(43)10-17-4-2-5-23(35)24(17)22)27(36)29-26(28(30)37)31(41-14-19-6-7-20(15-41)38-19)40-32(39-29)45-16-33-8-3-9-42(33)13-18(34)12-33;/h2,4-5,10-11,18-20,38,43H,3,6-9,12-16H2,1H3;1H/t18-,19?,20?,33+;/m1./s1. The Balaban J connectivity index is 0.00000338. The van der Waals surface area contributed by atoms with Gasteiger partial charge in [-0.3, -0.25) is 4.90 Å². The summed E-state index contributed by atoms with van der Waals surface area (Å²) >= 11 is 0. The number of alkyl halides is 1. The molecule has 4 aliphatic rings. The number of hydrogen-bond acceptors (Lipinski definition) is 8. The summed E-state index contributed by atoms with van der Waals surface area (Å²) in [5.41, 5.74) is -1.31. The Hall–Kier alpha value is -3.61. The van der Waals surface area contributed by atoms with Crippen LogP contribution in [0, 0.1) is 17.5 Å². The molecule has 3 aromatic carbocycles. The Labute approximate surface area is 269 Å². The molecule has 0 radical (unpaired) electrons. The number of piperazine rings is 1. The van der Waals surface area contributed by atoms with Gasteiger partial charge in [0.1, 0.15) is 35.7 Å². The lowest BCUT2D eigenvalue weighted by Gasteiger charge is -2.35. The third-order valence-corrected chi connectivity index (χ3v) is 10.1. The monoisotopic (exact) mass is 659 g/mol. The molecule has 2 N–H and O–H groups in total. The summed E-state index contributed by atoms with van der Waals surface area (Å²) in [7, 11) is 1.21. The maximum atomic E-state index is 17.0. The van der Waals surface area contributed by atoms with Crippen molar-refractivity contribution in [3.8, 4) is 28.6 Å². The van der Waals surface area contributed by atoms with Crippen molar-refractivity contribution < 1.29 is 32.1 Å². The summed E-state index contributed by atoms with van der Waals surface area (Å²) in [5.74, 6) is -3.06. The summed E-state index contributed by atoms with van der Waals surface area (Å²) in [6, 6.07) is 6.99. The van der Waals surface area contributed by atoms with E-state index in [1.807, 2.05) is 4.90 Å². The number of rotatable bonds is 6. The number of phenols is 1. The number of benzene rings is 3. The zero-order valence-corrected chi connectivity index (χ0v) is 26.0. The molecule has 4 aromatic rings. The zero-order valence-electron chi connectivity index (χ0n) is 25.2. The van der Waals surface area contributed by atoms with E-state index in [1.54, 1.807) is 6.07 Å². The molecular weight excluding hydrogens is 626 g/mol. The fraction of sp³-hybridized carbons (Fsp3) is 0.455. The van der Waals surface area contributed by atoms with Crippen LogP contribution >= 0.6 is 12.4 Å². The van der Waals surface area contributed by atoms with Gasteiger partial charge in [0.25, 0.3) is 0 Å². The largest absolute Gasteiger partial charge is 0.508 e. The average molecular weight is 660 g/mol. The van der Waals surface area contributed by atoms with E-state index in [9.17, 15) is 9.50 Å². The minimum Gasteiger partial charge on any atom is -0.508 e. The quantitative estimate of drug-likeness (QED) is 0.248. The second-order valence-corrected chi connectivity index (χ2v) is 12.8. The van der Waals surface area contributed by atoms with Crippen molar-refractivity contribution in [3.63, 3.8) is 0 Å². The Morgan fingerprint density at radius 1 is 1.04 bits per heavy atom. The Bertz CT molecular complexity index is 1840. The second kappa shape index (κ2) is 11.6. The second-order valence-electron chi connectivity index (χ2n) is 12.8. The number of ether oxygens (including phenoxy) is 2. The molecule has 244 valence electrons. The van der Waals surface area contributed by atoms with Gasteiger partial charge in [-0.05, 0) is 55.8 Å². The van der Waals surface area contributed by atoms with E-state index in [1.165, 1.54) is 31.4 Å². The third kappa shape index (κ3) is 4.87. The molecular formula is C33H34ClF4N5O3. The van der Waals surface area contributed by atoms with Gasteiger partial charge in [-0.2, -0.15) is 9.97 Å². The molecule has 0 spiro atoms. The number of nitrogens with one attached hydrogen (secondary N) is 1. The van der Waals surface area contributed by atoms with E-state index in [2.05, 4.69) is 20.2 Å².